The topological polar surface area (TPSA) is 27.3 Å². The number of aromatic nitrogens is 2. The van der Waals surface area contributed by atoms with Gasteiger partial charge in [-0.1, -0.05) is 36.9 Å². The number of nitrogens with zero attached hydrogens (tertiary/aromatic N) is 2. The van der Waals surface area contributed by atoms with Gasteiger partial charge in [-0.2, -0.15) is 0 Å². The normalized spacial score (nSPS) is 10.7. The molecule has 0 atom stereocenters. The summed E-state index contributed by atoms with van der Waals surface area (Å²) in [6.45, 7) is 7.48. The van der Waals surface area contributed by atoms with E-state index in [2.05, 4.69) is 58.7 Å². The van der Waals surface area contributed by atoms with E-state index in [1.165, 1.54) is 5.56 Å². The number of imidazole rings is 1. The standard InChI is InChI=1S/C17H23N2O2/c1-3-16-4-6-17(7-5-16)14-19-9-8-18(15-19)10-11-21-13-12-20-2/h3-9,15H,1,10-14H2,2H3/q+1. The Balaban J connectivity index is 1.80. The summed E-state index contributed by atoms with van der Waals surface area (Å²) in [4.78, 5) is 0. The molecule has 0 amide bonds. The largest absolute Gasteiger partial charge is 0.382 e. The number of methoxy groups -OCH3 is 1. The fourth-order valence-corrected chi connectivity index (χ4v) is 2.05. The summed E-state index contributed by atoms with van der Waals surface area (Å²) >= 11 is 0. The number of ether oxygens (including phenoxy) is 2. The van der Waals surface area contributed by atoms with Crippen LogP contribution in [0.25, 0.3) is 6.08 Å². The van der Waals surface area contributed by atoms with Crippen LogP contribution in [-0.4, -0.2) is 31.5 Å². The van der Waals surface area contributed by atoms with Crippen molar-refractivity contribution in [2.75, 3.05) is 26.9 Å². The Morgan fingerprint density at radius 2 is 2.00 bits per heavy atom. The lowest BCUT2D eigenvalue weighted by Crippen LogP contribution is -2.31. The second-order valence-electron chi connectivity index (χ2n) is 4.87. The van der Waals surface area contributed by atoms with Crippen molar-refractivity contribution < 1.29 is 14.0 Å². The summed E-state index contributed by atoms with van der Waals surface area (Å²) in [6, 6.07) is 8.44. The molecule has 0 unspecified atom stereocenters. The molecule has 0 aliphatic rings. The number of hydrogen-bond acceptors (Lipinski definition) is 2. The zero-order chi connectivity index (χ0) is 14.9. The predicted molar refractivity (Wildman–Crippen MR) is 83.0 cm³/mol. The van der Waals surface area contributed by atoms with Crippen LogP contribution < -0.4 is 4.57 Å². The molecule has 1 heterocycles. The average Bonchev–Trinajstić information content (AvgIpc) is 2.95. The third-order valence-electron chi connectivity index (χ3n) is 3.25. The third-order valence-corrected chi connectivity index (χ3v) is 3.25. The first-order chi connectivity index (χ1) is 10.3. The lowest BCUT2D eigenvalue weighted by atomic mass is 10.1. The number of rotatable bonds is 9. The molecule has 0 spiro atoms. The predicted octanol–water partition coefficient (Wildman–Crippen LogP) is 2.13. The van der Waals surface area contributed by atoms with Crippen molar-refractivity contribution in [3.63, 3.8) is 0 Å². The highest BCUT2D eigenvalue weighted by molar-refractivity contribution is 5.47. The first-order valence-corrected chi connectivity index (χ1v) is 7.14. The fraction of sp³-hybridized carbons (Fsp3) is 0.353. The molecule has 1 aromatic heterocycles. The molecular weight excluding hydrogens is 264 g/mol. The van der Waals surface area contributed by atoms with Crippen LogP contribution in [0.2, 0.25) is 0 Å². The van der Waals surface area contributed by atoms with Gasteiger partial charge in [0.25, 0.3) is 0 Å². The highest BCUT2D eigenvalue weighted by atomic mass is 16.5. The first-order valence-electron chi connectivity index (χ1n) is 7.14. The molecule has 1 aromatic carbocycles. The Bertz CT molecular complexity index is 546. The minimum atomic E-state index is 0.645. The van der Waals surface area contributed by atoms with E-state index in [4.69, 9.17) is 9.47 Å². The van der Waals surface area contributed by atoms with Gasteiger partial charge in [-0.3, -0.25) is 0 Å². The molecule has 0 saturated carbocycles. The molecule has 0 fully saturated rings. The quantitative estimate of drug-likeness (QED) is 0.522. The molecule has 2 rings (SSSR count). The van der Waals surface area contributed by atoms with Gasteiger partial charge in [0, 0.05) is 7.11 Å². The first kappa shape index (κ1) is 15.5. The molecule has 21 heavy (non-hydrogen) atoms. The van der Waals surface area contributed by atoms with E-state index in [0.717, 1.165) is 18.7 Å². The van der Waals surface area contributed by atoms with Crippen molar-refractivity contribution in [3.8, 4) is 0 Å². The lowest BCUT2D eigenvalue weighted by Gasteiger charge is -2.01. The van der Waals surface area contributed by atoms with Gasteiger partial charge in [0.2, 0.25) is 6.33 Å². The van der Waals surface area contributed by atoms with Gasteiger partial charge in [0.15, 0.2) is 0 Å². The van der Waals surface area contributed by atoms with Crippen LogP contribution in [0.1, 0.15) is 11.1 Å². The van der Waals surface area contributed by atoms with Gasteiger partial charge in [-0.15, -0.1) is 0 Å². The van der Waals surface area contributed by atoms with Crippen LogP contribution in [0, 0.1) is 0 Å². The third kappa shape index (κ3) is 5.17. The van der Waals surface area contributed by atoms with Crippen molar-refractivity contribution in [1.29, 1.82) is 0 Å². The van der Waals surface area contributed by atoms with Crippen LogP contribution in [0.15, 0.2) is 49.6 Å². The lowest BCUT2D eigenvalue weighted by molar-refractivity contribution is -0.687. The van der Waals surface area contributed by atoms with Gasteiger partial charge in [-0.25, -0.2) is 9.13 Å². The highest BCUT2D eigenvalue weighted by Crippen LogP contribution is 2.05. The van der Waals surface area contributed by atoms with Crippen molar-refractivity contribution in [2.24, 2.45) is 0 Å². The van der Waals surface area contributed by atoms with Gasteiger partial charge in [0.1, 0.15) is 25.5 Å². The van der Waals surface area contributed by atoms with Crippen molar-refractivity contribution in [1.82, 2.24) is 4.57 Å². The van der Waals surface area contributed by atoms with Gasteiger partial charge in [-0.05, 0) is 11.1 Å². The summed E-state index contributed by atoms with van der Waals surface area (Å²) in [5.74, 6) is 0. The van der Waals surface area contributed by atoms with Crippen LogP contribution >= 0.6 is 0 Å². The Kier molecular flexibility index (Phi) is 6.19. The number of hydrogen-bond donors (Lipinski definition) is 0. The second-order valence-corrected chi connectivity index (χ2v) is 4.87. The molecular formula is C17H23N2O2+. The van der Waals surface area contributed by atoms with E-state index in [-0.39, 0.29) is 0 Å². The Morgan fingerprint density at radius 3 is 2.71 bits per heavy atom. The van der Waals surface area contributed by atoms with Crippen LogP contribution in [-0.2, 0) is 22.6 Å². The van der Waals surface area contributed by atoms with Crippen LogP contribution in [0.5, 0.6) is 0 Å². The average molecular weight is 287 g/mol. The van der Waals surface area contributed by atoms with Crippen LogP contribution in [0.4, 0.5) is 0 Å². The smallest absolute Gasteiger partial charge is 0.244 e. The second kappa shape index (κ2) is 8.39. The molecule has 4 heteroatoms. The summed E-state index contributed by atoms with van der Waals surface area (Å²) in [5.41, 5.74) is 2.43. The zero-order valence-electron chi connectivity index (χ0n) is 12.6. The molecule has 0 aliphatic heterocycles. The van der Waals surface area contributed by atoms with E-state index in [0.29, 0.717) is 19.8 Å². The molecule has 2 aromatic rings. The van der Waals surface area contributed by atoms with E-state index in [1.807, 2.05) is 6.08 Å². The molecule has 0 N–H and O–H groups in total. The molecule has 0 aliphatic carbocycles. The monoisotopic (exact) mass is 287 g/mol. The number of benzene rings is 1. The van der Waals surface area contributed by atoms with E-state index in [1.54, 1.807) is 7.11 Å². The molecule has 4 nitrogen and oxygen atoms in total. The maximum absolute atomic E-state index is 5.47. The van der Waals surface area contributed by atoms with Crippen LogP contribution in [0.3, 0.4) is 0 Å². The molecule has 0 saturated heterocycles. The maximum Gasteiger partial charge on any atom is 0.244 e. The van der Waals surface area contributed by atoms with E-state index < -0.39 is 0 Å². The Hall–Kier alpha value is -1.91. The minimum Gasteiger partial charge on any atom is -0.382 e. The minimum absolute atomic E-state index is 0.645. The van der Waals surface area contributed by atoms with E-state index in [9.17, 15) is 0 Å². The summed E-state index contributed by atoms with van der Waals surface area (Å²) in [7, 11) is 1.68. The van der Waals surface area contributed by atoms with Crippen molar-refractivity contribution >= 4 is 6.08 Å². The van der Waals surface area contributed by atoms with Crippen molar-refractivity contribution in [3.05, 3.63) is 60.7 Å². The maximum atomic E-state index is 5.47. The van der Waals surface area contributed by atoms with Gasteiger partial charge < -0.3 is 9.47 Å². The van der Waals surface area contributed by atoms with Gasteiger partial charge in [0.05, 0.1) is 19.8 Å². The highest BCUT2D eigenvalue weighted by Gasteiger charge is 2.04. The zero-order valence-corrected chi connectivity index (χ0v) is 12.6. The SMILES string of the molecule is C=Cc1ccc(C[n+]2ccn(CCOCCOC)c2)cc1. The van der Waals surface area contributed by atoms with Gasteiger partial charge >= 0.3 is 0 Å². The fourth-order valence-electron chi connectivity index (χ4n) is 2.05. The molecule has 0 radical (unpaired) electrons. The molecule has 112 valence electrons. The summed E-state index contributed by atoms with van der Waals surface area (Å²) in [5, 5.41) is 0. The van der Waals surface area contributed by atoms with Crippen molar-refractivity contribution in [2.45, 2.75) is 13.1 Å². The molecule has 0 bridgehead atoms. The Morgan fingerprint density at radius 1 is 1.19 bits per heavy atom. The van der Waals surface area contributed by atoms with E-state index >= 15 is 0 Å². The summed E-state index contributed by atoms with van der Waals surface area (Å²) < 4.78 is 14.7. The summed E-state index contributed by atoms with van der Waals surface area (Å²) in [6.07, 6.45) is 8.10. The Labute approximate surface area is 126 Å².